The summed E-state index contributed by atoms with van der Waals surface area (Å²) in [7, 11) is 0. The number of anilines is 1. The average Bonchev–Trinajstić information content (AvgIpc) is 3.39. The third-order valence-electron chi connectivity index (χ3n) is 5.91. The molecular weight excluding hydrogens is 474 g/mol. The first-order chi connectivity index (χ1) is 17.3. The van der Waals surface area contributed by atoms with Crippen molar-refractivity contribution in [1.29, 1.82) is 0 Å². The number of nitrogens with zero attached hydrogens (tertiary/aromatic N) is 6. The van der Waals surface area contributed by atoms with Gasteiger partial charge >= 0.3 is 0 Å². The van der Waals surface area contributed by atoms with Crippen molar-refractivity contribution < 1.29 is 5.11 Å². The van der Waals surface area contributed by atoms with Crippen molar-refractivity contribution in [1.82, 2.24) is 29.3 Å². The van der Waals surface area contributed by atoms with Crippen molar-refractivity contribution in [2.24, 2.45) is 0 Å². The highest BCUT2D eigenvalue weighted by Gasteiger charge is 2.21. The molecule has 5 rings (SSSR count). The molecule has 10 heteroatoms. The molecule has 9 nitrogen and oxygen atoms in total. The van der Waals surface area contributed by atoms with Crippen LogP contribution in [0.5, 0.6) is 0 Å². The second-order valence-electron chi connectivity index (χ2n) is 8.89. The van der Waals surface area contributed by atoms with Gasteiger partial charge in [-0.1, -0.05) is 38.0 Å². The van der Waals surface area contributed by atoms with Crippen LogP contribution in [-0.4, -0.2) is 40.5 Å². The quantitative estimate of drug-likeness (QED) is 0.363. The molecular formula is C26H25N7O2S. The van der Waals surface area contributed by atoms with Gasteiger partial charge in [0.2, 0.25) is 0 Å². The molecule has 0 amide bonds. The highest BCUT2D eigenvalue weighted by Crippen LogP contribution is 2.27. The molecule has 4 heterocycles. The molecule has 5 aromatic rings. The van der Waals surface area contributed by atoms with Crippen LogP contribution in [0.25, 0.3) is 26.9 Å². The number of nitrogen functional groups attached to an aromatic ring is 1. The first kappa shape index (κ1) is 23.7. The largest absolute Gasteiger partial charge is 0.383 e. The zero-order chi connectivity index (χ0) is 25.6. The SMILES string of the molecule is Cc1csc2nc(Cn3nc(C#C[C@@H](C)O)c4c(N)ncnc43)n(-c3ccccc3C(C)C)c(=O)c12. The zero-order valence-electron chi connectivity index (χ0n) is 20.4. The Balaban J connectivity index is 1.78. The van der Waals surface area contributed by atoms with E-state index in [1.165, 1.54) is 17.7 Å². The van der Waals surface area contributed by atoms with E-state index in [0.717, 1.165) is 16.8 Å². The molecule has 0 spiro atoms. The number of aromatic nitrogens is 6. The van der Waals surface area contributed by atoms with E-state index in [1.807, 2.05) is 36.6 Å². The number of hydrogen-bond acceptors (Lipinski definition) is 8. The highest BCUT2D eigenvalue weighted by molar-refractivity contribution is 7.16. The molecule has 182 valence electrons. The third kappa shape index (κ3) is 4.02. The minimum atomic E-state index is -0.833. The van der Waals surface area contributed by atoms with Gasteiger partial charge in [-0.25, -0.2) is 19.6 Å². The fourth-order valence-electron chi connectivity index (χ4n) is 4.24. The molecule has 36 heavy (non-hydrogen) atoms. The van der Waals surface area contributed by atoms with E-state index in [1.54, 1.807) is 16.2 Å². The van der Waals surface area contributed by atoms with Crippen molar-refractivity contribution in [3.8, 4) is 17.5 Å². The van der Waals surface area contributed by atoms with Crippen molar-refractivity contribution in [3.63, 3.8) is 0 Å². The zero-order valence-corrected chi connectivity index (χ0v) is 21.2. The number of aryl methyl sites for hydroxylation is 1. The molecule has 0 aliphatic heterocycles. The molecule has 0 radical (unpaired) electrons. The Hall–Kier alpha value is -4.07. The number of benzene rings is 1. The Labute approximate surface area is 211 Å². The second-order valence-corrected chi connectivity index (χ2v) is 9.75. The molecule has 0 saturated carbocycles. The summed E-state index contributed by atoms with van der Waals surface area (Å²) in [6, 6.07) is 7.86. The lowest BCUT2D eigenvalue weighted by atomic mass is 10.0. The van der Waals surface area contributed by atoms with Crippen molar-refractivity contribution in [2.75, 3.05) is 5.73 Å². The second kappa shape index (κ2) is 9.18. The van der Waals surface area contributed by atoms with Crippen molar-refractivity contribution in [2.45, 2.75) is 46.3 Å². The smallest absolute Gasteiger partial charge is 0.267 e. The summed E-state index contributed by atoms with van der Waals surface area (Å²) < 4.78 is 3.30. The van der Waals surface area contributed by atoms with Gasteiger partial charge in [0, 0.05) is 0 Å². The van der Waals surface area contributed by atoms with Gasteiger partial charge in [0.1, 0.15) is 41.1 Å². The average molecular weight is 500 g/mol. The van der Waals surface area contributed by atoms with Crippen LogP contribution in [0.4, 0.5) is 5.82 Å². The fourth-order valence-corrected chi connectivity index (χ4v) is 5.17. The van der Waals surface area contributed by atoms with E-state index < -0.39 is 6.10 Å². The third-order valence-corrected chi connectivity index (χ3v) is 6.90. The van der Waals surface area contributed by atoms with Gasteiger partial charge in [0.05, 0.1) is 16.5 Å². The van der Waals surface area contributed by atoms with Crippen LogP contribution in [-0.2, 0) is 6.54 Å². The van der Waals surface area contributed by atoms with Crippen LogP contribution < -0.4 is 11.3 Å². The van der Waals surface area contributed by atoms with Crippen molar-refractivity contribution in [3.05, 3.63) is 69.0 Å². The number of nitrogens with two attached hydrogens (primary N) is 1. The fraction of sp³-hybridized carbons (Fsp3) is 0.269. The summed E-state index contributed by atoms with van der Waals surface area (Å²) >= 11 is 1.44. The van der Waals surface area contributed by atoms with E-state index in [9.17, 15) is 9.90 Å². The first-order valence-electron chi connectivity index (χ1n) is 11.5. The van der Waals surface area contributed by atoms with E-state index in [0.29, 0.717) is 32.8 Å². The van der Waals surface area contributed by atoms with Gasteiger partial charge in [-0.2, -0.15) is 5.10 Å². The maximum absolute atomic E-state index is 13.9. The van der Waals surface area contributed by atoms with Gasteiger partial charge in [0.15, 0.2) is 5.65 Å². The molecule has 1 aromatic carbocycles. The molecule has 4 aromatic heterocycles. The summed E-state index contributed by atoms with van der Waals surface area (Å²) in [6.07, 6.45) is 0.530. The first-order valence-corrected chi connectivity index (χ1v) is 12.4. The van der Waals surface area contributed by atoms with Crippen LogP contribution >= 0.6 is 11.3 Å². The van der Waals surface area contributed by atoms with E-state index >= 15 is 0 Å². The van der Waals surface area contributed by atoms with Gasteiger partial charge in [0.25, 0.3) is 5.56 Å². The maximum atomic E-state index is 13.9. The Morgan fingerprint density at radius 3 is 2.69 bits per heavy atom. The summed E-state index contributed by atoms with van der Waals surface area (Å²) in [6.45, 7) is 7.84. The van der Waals surface area contributed by atoms with E-state index in [4.69, 9.17) is 10.7 Å². The normalized spacial score (nSPS) is 12.3. The van der Waals surface area contributed by atoms with Crippen LogP contribution in [0, 0.1) is 18.8 Å². The Kier molecular flexibility index (Phi) is 6.04. The molecule has 0 unspecified atom stereocenters. The number of aliphatic hydroxyl groups excluding tert-OH is 1. The lowest BCUT2D eigenvalue weighted by Crippen LogP contribution is -2.26. The molecule has 0 bridgehead atoms. The monoisotopic (exact) mass is 499 g/mol. The number of aliphatic hydroxyl groups is 1. The molecule has 0 aliphatic carbocycles. The molecule has 0 saturated heterocycles. The number of thiophene rings is 1. The predicted molar refractivity (Wildman–Crippen MR) is 141 cm³/mol. The molecule has 1 atom stereocenters. The van der Waals surface area contributed by atoms with E-state index in [2.05, 4.69) is 40.8 Å². The summed E-state index contributed by atoms with van der Waals surface area (Å²) in [5.41, 5.74) is 9.56. The van der Waals surface area contributed by atoms with Crippen LogP contribution in [0.3, 0.4) is 0 Å². The standard InChI is InChI=1S/C26H25N7O2S/c1-14(2)17-7-5-6-8-19(17)33-20(30-25-21(26(33)35)15(3)12-36-25)11-32-24-22(23(27)28-13-29-24)18(31-32)10-9-16(4)34/h5-8,12-14,16,34H,11H2,1-4H3,(H2,27,28,29)/t16-/m1/s1. The Morgan fingerprint density at radius 1 is 1.17 bits per heavy atom. The van der Waals surface area contributed by atoms with Crippen LogP contribution in [0.15, 0.2) is 40.8 Å². The Morgan fingerprint density at radius 2 is 1.94 bits per heavy atom. The van der Waals surface area contributed by atoms with Crippen LogP contribution in [0.1, 0.15) is 49.3 Å². The summed E-state index contributed by atoms with van der Waals surface area (Å²) in [5.74, 6) is 6.52. The van der Waals surface area contributed by atoms with Crippen molar-refractivity contribution >= 4 is 38.4 Å². The summed E-state index contributed by atoms with van der Waals surface area (Å²) in [4.78, 5) is 28.0. The summed E-state index contributed by atoms with van der Waals surface area (Å²) in [5, 5.41) is 17.3. The highest BCUT2D eigenvalue weighted by atomic mass is 32.1. The predicted octanol–water partition coefficient (Wildman–Crippen LogP) is 3.38. The van der Waals surface area contributed by atoms with Crippen LogP contribution in [0.2, 0.25) is 0 Å². The number of hydrogen-bond donors (Lipinski definition) is 2. The number of rotatable bonds is 4. The van der Waals surface area contributed by atoms with Gasteiger partial charge in [-0.05, 0) is 48.3 Å². The number of para-hydroxylation sites is 1. The topological polar surface area (TPSA) is 125 Å². The molecule has 3 N–H and O–H groups in total. The minimum absolute atomic E-state index is 0.124. The van der Waals surface area contributed by atoms with Gasteiger partial charge < -0.3 is 10.8 Å². The lowest BCUT2D eigenvalue weighted by Gasteiger charge is -2.18. The lowest BCUT2D eigenvalue weighted by molar-refractivity contribution is 0.253. The molecule has 0 aliphatic rings. The van der Waals surface area contributed by atoms with E-state index in [-0.39, 0.29) is 23.8 Å². The maximum Gasteiger partial charge on any atom is 0.267 e. The Bertz CT molecular complexity index is 1730. The minimum Gasteiger partial charge on any atom is -0.383 e. The number of fused-ring (bicyclic) bond motifs is 2. The molecule has 0 fully saturated rings. The van der Waals surface area contributed by atoms with Gasteiger partial charge in [-0.3, -0.25) is 9.36 Å². The van der Waals surface area contributed by atoms with Gasteiger partial charge in [-0.15, -0.1) is 11.3 Å².